The average Bonchev–Trinajstić information content (AvgIpc) is 3.45. The number of carbonyl (C=O) groups is 2. The highest BCUT2D eigenvalue weighted by atomic mass is 32.1. The number of nitrogens with one attached hydrogen (secondary N) is 1. The van der Waals surface area contributed by atoms with Crippen molar-refractivity contribution in [2.75, 3.05) is 12.4 Å². The van der Waals surface area contributed by atoms with Gasteiger partial charge in [-0.25, -0.2) is 0 Å². The number of nitrogens with zero attached hydrogens (tertiary/aromatic N) is 1. The highest BCUT2D eigenvalue weighted by Crippen LogP contribution is 2.24. The molecule has 1 aromatic heterocycles. The molecule has 0 fully saturated rings. The molecule has 0 unspecified atom stereocenters. The Morgan fingerprint density at radius 1 is 0.974 bits per heavy atom. The number of aldehydes is 1. The van der Waals surface area contributed by atoms with Crippen LogP contribution in [-0.4, -0.2) is 25.5 Å². The van der Waals surface area contributed by atoms with Crippen LogP contribution in [0.3, 0.4) is 0 Å². The maximum atomic E-state index is 12.0. The second-order valence-electron chi connectivity index (χ2n) is 8.25. The molecule has 0 spiro atoms. The lowest BCUT2D eigenvalue weighted by atomic mass is 10.1. The summed E-state index contributed by atoms with van der Waals surface area (Å²) >= 11 is 1.57. The third-order valence-electron chi connectivity index (χ3n) is 4.59. The molecule has 6 nitrogen and oxygen atoms in total. The number of carbonyl (C=O) groups excluding carboxylic acids is 2. The first kappa shape index (κ1) is 32.5. The lowest BCUT2D eigenvalue weighted by Gasteiger charge is -2.12. The molecule has 3 aromatic rings. The number of anilines is 1. The summed E-state index contributed by atoms with van der Waals surface area (Å²) in [4.78, 5) is 26.3. The summed E-state index contributed by atoms with van der Waals surface area (Å²) in [6, 6.07) is 21.0. The standard InChI is InChI=1S/C22H19NO2S.C6H10N2.C4H8O/c1-16(18-7-4-3-5-8-18)25-17(2)19-10-12-20(13-11-19)23-22(24)15-21-9-6-14-26-21;1-8-6-4-2-3-5-7;1-4(2)3-5/h3-14H,1-2,15H2,(H,23,24);2-6H,7H2,1H3;3-4H,1-2H3/b;4-2-,5-3+,8-6?;. The number of hydrogen-bond donors (Lipinski definition) is 2. The van der Waals surface area contributed by atoms with Crippen LogP contribution in [0, 0.1) is 5.92 Å². The molecule has 0 bridgehead atoms. The van der Waals surface area contributed by atoms with E-state index in [0.717, 1.165) is 28.0 Å². The van der Waals surface area contributed by atoms with Crippen molar-refractivity contribution in [1.29, 1.82) is 0 Å². The van der Waals surface area contributed by atoms with E-state index in [-0.39, 0.29) is 11.8 Å². The summed E-state index contributed by atoms with van der Waals surface area (Å²) in [5.41, 5.74) is 7.52. The van der Waals surface area contributed by atoms with Crippen molar-refractivity contribution < 1.29 is 14.3 Å². The maximum absolute atomic E-state index is 12.0. The third-order valence-corrected chi connectivity index (χ3v) is 5.46. The molecule has 39 heavy (non-hydrogen) atoms. The Kier molecular flexibility index (Phi) is 16.4. The van der Waals surface area contributed by atoms with Crippen LogP contribution in [0.1, 0.15) is 29.9 Å². The minimum Gasteiger partial charge on any atom is -0.457 e. The van der Waals surface area contributed by atoms with Gasteiger partial charge in [0, 0.05) is 40.9 Å². The predicted molar refractivity (Wildman–Crippen MR) is 166 cm³/mol. The fourth-order valence-corrected chi connectivity index (χ4v) is 3.37. The summed E-state index contributed by atoms with van der Waals surface area (Å²) in [5.74, 6) is 1.22. The van der Waals surface area contributed by atoms with Crippen molar-refractivity contribution in [3.05, 3.63) is 126 Å². The number of nitrogens with two attached hydrogens (primary N) is 1. The largest absolute Gasteiger partial charge is 0.457 e. The molecule has 7 heteroatoms. The lowest BCUT2D eigenvalue weighted by molar-refractivity contribution is -0.115. The Morgan fingerprint density at radius 3 is 2.10 bits per heavy atom. The van der Waals surface area contributed by atoms with Crippen LogP contribution >= 0.6 is 11.3 Å². The van der Waals surface area contributed by atoms with E-state index < -0.39 is 0 Å². The fourth-order valence-electron chi connectivity index (χ4n) is 2.67. The van der Waals surface area contributed by atoms with E-state index in [9.17, 15) is 9.59 Å². The minimum atomic E-state index is -0.0345. The second-order valence-corrected chi connectivity index (χ2v) is 9.29. The number of amides is 1. The quantitative estimate of drug-likeness (QED) is 0.123. The van der Waals surface area contributed by atoms with Crippen molar-refractivity contribution >= 4 is 47.0 Å². The highest BCUT2D eigenvalue weighted by molar-refractivity contribution is 7.10. The molecule has 0 aliphatic carbocycles. The van der Waals surface area contributed by atoms with Crippen molar-refractivity contribution in [3.63, 3.8) is 0 Å². The number of benzene rings is 2. The van der Waals surface area contributed by atoms with E-state index in [4.69, 9.17) is 10.5 Å². The van der Waals surface area contributed by atoms with Gasteiger partial charge in [0.05, 0.1) is 6.42 Å². The molecule has 3 rings (SSSR count). The van der Waals surface area contributed by atoms with Gasteiger partial charge in [-0.05, 0) is 54.1 Å². The fraction of sp³-hybridized carbons (Fsp3) is 0.156. The van der Waals surface area contributed by atoms with Gasteiger partial charge in [0.2, 0.25) is 5.91 Å². The highest BCUT2D eigenvalue weighted by Gasteiger charge is 2.07. The second kappa shape index (κ2) is 19.6. The number of ether oxygens (including phenoxy) is 1. The SMILES string of the molecule is C=C(OC(=C)c1ccc(NC(=O)Cc2cccs2)cc1)c1ccccc1.CC(C)C=O.CN=C/C=C\C=C\N. The number of thiophene rings is 1. The predicted octanol–water partition coefficient (Wildman–Crippen LogP) is 7.14. The molecule has 0 aliphatic heterocycles. The van der Waals surface area contributed by atoms with Gasteiger partial charge in [-0.1, -0.05) is 69.5 Å². The number of aliphatic imine (C=N–C) groups is 1. The zero-order valence-corrected chi connectivity index (χ0v) is 23.6. The molecule has 204 valence electrons. The van der Waals surface area contributed by atoms with Crippen LogP contribution in [-0.2, 0) is 20.7 Å². The third kappa shape index (κ3) is 14.7. The van der Waals surface area contributed by atoms with Gasteiger partial charge >= 0.3 is 0 Å². The van der Waals surface area contributed by atoms with Gasteiger partial charge < -0.3 is 20.6 Å². The molecule has 0 saturated carbocycles. The van der Waals surface area contributed by atoms with E-state index in [0.29, 0.717) is 17.9 Å². The normalized spacial score (nSPS) is 10.5. The van der Waals surface area contributed by atoms with E-state index in [1.54, 1.807) is 30.7 Å². The van der Waals surface area contributed by atoms with Gasteiger partial charge in [0.1, 0.15) is 17.8 Å². The topological polar surface area (TPSA) is 93.8 Å². The van der Waals surface area contributed by atoms with Crippen LogP contribution in [0.15, 0.2) is 115 Å². The zero-order chi connectivity index (χ0) is 28.9. The number of hydrogen-bond acceptors (Lipinski definition) is 6. The summed E-state index contributed by atoms with van der Waals surface area (Å²) in [6.07, 6.45) is 9.82. The summed E-state index contributed by atoms with van der Waals surface area (Å²) in [6.45, 7) is 11.6. The molecule has 0 aliphatic rings. The van der Waals surface area contributed by atoms with Crippen LogP contribution < -0.4 is 11.1 Å². The number of allylic oxidation sites excluding steroid dienone is 3. The smallest absolute Gasteiger partial charge is 0.229 e. The average molecular weight is 544 g/mol. The Hall–Kier alpha value is -4.49. The first-order valence-electron chi connectivity index (χ1n) is 12.2. The van der Waals surface area contributed by atoms with E-state index in [1.807, 2.05) is 98.1 Å². The van der Waals surface area contributed by atoms with Crippen molar-refractivity contribution in [3.8, 4) is 0 Å². The Bertz CT molecular complexity index is 1210. The van der Waals surface area contributed by atoms with E-state index >= 15 is 0 Å². The van der Waals surface area contributed by atoms with Crippen LogP contribution in [0.2, 0.25) is 0 Å². The van der Waals surface area contributed by atoms with Gasteiger partial charge in [-0.3, -0.25) is 9.79 Å². The molecule has 2 aromatic carbocycles. The van der Waals surface area contributed by atoms with Gasteiger partial charge in [0.25, 0.3) is 0 Å². The molecule has 1 amide bonds. The first-order valence-corrected chi connectivity index (χ1v) is 13.1. The number of rotatable bonds is 10. The van der Waals surface area contributed by atoms with E-state index in [1.165, 1.54) is 6.20 Å². The van der Waals surface area contributed by atoms with Gasteiger partial charge in [-0.15, -0.1) is 11.3 Å². The molecule has 0 atom stereocenters. The Morgan fingerprint density at radius 2 is 1.59 bits per heavy atom. The molecule has 1 heterocycles. The monoisotopic (exact) mass is 543 g/mol. The van der Waals surface area contributed by atoms with Crippen LogP contribution in [0.4, 0.5) is 5.69 Å². The molecule has 0 saturated heterocycles. The molecule has 3 N–H and O–H groups in total. The van der Waals surface area contributed by atoms with Crippen molar-refractivity contribution in [2.45, 2.75) is 20.3 Å². The van der Waals surface area contributed by atoms with Crippen LogP contribution in [0.25, 0.3) is 11.5 Å². The molecule has 0 radical (unpaired) electrons. The first-order chi connectivity index (χ1) is 18.8. The van der Waals surface area contributed by atoms with Crippen LogP contribution in [0.5, 0.6) is 0 Å². The Balaban J connectivity index is 0.000000487. The summed E-state index contributed by atoms with van der Waals surface area (Å²) in [7, 11) is 1.72. The Labute approximate surface area is 235 Å². The van der Waals surface area contributed by atoms with Gasteiger partial charge in [-0.2, -0.15) is 0 Å². The van der Waals surface area contributed by atoms with E-state index in [2.05, 4.69) is 23.5 Å². The molecular weight excluding hydrogens is 506 g/mol. The minimum absolute atomic E-state index is 0.0345. The lowest BCUT2D eigenvalue weighted by Crippen LogP contribution is -2.13. The summed E-state index contributed by atoms with van der Waals surface area (Å²) < 4.78 is 5.74. The van der Waals surface area contributed by atoms with Crippen molar-refractivity contribution in [1.82, 2.24) is 0 Å². The van der Waals surface area contributed by atoms with Gasteiger partial charge in [0.15, 0.2) is 0 Å². The molecular formula is C32H37N3O3S. The van der Waals surface area contributed by atoms with Crippen molar-refractivity contribution in [2.24, 2.45) is 16.6 Å². The zero-order valence-electron chi connectivity index (χ0n) is 22.7. The maximum Gasteiger partial charge on any atom is 0.229 e. The summed E-state index contributed by atoms with van der Waals surface area (Å²) in [5, 5.41) is 4.86.